The molecule has 0 aromatic carbocycles. The number of thiazole rings is 1. The van der Waals surface area contributed by atoms with E-state index < -0.39 is 0 Å². The molecule has 1 fully saturated rings. The number of hydrogen-bond donors (Lipinski definition) is 1. The maximum atomic E-state index is 5.34. The maximum Gasteiger partial charge on any atom is 0.183 e. The Morgan fingerprint density at radius 1 is 1.38 bits per heavy atom. The molecule has 1 aromatic heterocycles. The highest BCUT2D eigenvalue weighted by Crippen LogP contribution is 2.27. The van der Waals surface area contributed by atoms with Gasteiger partial charge in [0.15, 0.2) is 5.13 Å². The Morgan fingerprint density at radius 2 is 2.06 bits per heavy atom. The van der Waals surface area contributed by atoms with Crippen LogP contribution < -0.4 is 5.32 Å². The van der Waals surface area contributed by atoms with E-state index >= 15 is 0 Å². The highest BCUT2D eigenvalue weighted by atomic mass is 32.1. The standard InChI is InChI=1S/C12H20N2OS/c1-12(2,3)10-8-16-11(14-10)13-9-4-6-15-7-5-9/h8-9H,4-7H2,1-3H3,(H,13,14). The summed E-state index contributed by atoms with van der Waals surface area (Å²) in [6.07, 6.45) is 2.18. The van der Waals surface area contributed by atoms with Crippen LogP contribution in [0.3, 0.4) is 0 Å². The molecule has 1 N–H and O–H groups in total. The van der Waals surface area contributed by atoms with Crippen molar-refractivity contribution in [2.45, 2.75) is 45.1 Å². The molecule has 1 aromatic rings. The van der Waals surface area contributed by atoms with E-state index in [9.17, 15) is 0 Å². The maximum absolute atomic E-state index is 5.34. The van der Waals surface area contributed by atoms with Gasteiger partial charge in [-0.1, -0.05) is 20.8 Å². The number of aromatic nitrogens is 1. The Labute approximate surface area is 101 Å². The van der Waals surface area contributed by atoms with Gasteiger partial charge >= 0.3 is 0 Å². The quantitative estimate of drug-likeness (QED) is 0.862. The largest absolute Gasteiger partial charge is 0.381 e. The van der Waals surface area contributed by atoms with E-state index in [-0.39, 0.29) is 5.41 Å². The lowest BCUT2D eigenvalue weighted by molar-refractivity contribution is 0.0904. The van der Waals surface area contributed by atoms with Crippen LogP contribution in [0, 0.1) is 0 Å². The molecule has 0 amide bonds. The molecule has 3 nitrogen and oxygen atoms in total. The van der Waals surface area contributed by atoms with Gasteiger partial charge in [-0.15, -0.1) is 11.3 Å². The fraction of sp³-hybridized carbons (Fsp3) is 0.750. The predicted octanol–water partition coefficient (Wildman–Crippen LogP) is 3.03. The van der Waals surface area contributed by atoms with Gasteiger partial charge in [-0.25, -0.2) is 4.98 Å². The second-order valence-corrected chi connectivity index (χ2v) is 6.18. The molecular weight excluding hydrogens is 220 g/mol. The molecule has 0 radical (unpaired) electrons. The monoisotopic (exact) mass is 240 g/mol. The number of ether oxygens (including phenoxy) is 1. The van der Waals surface area contributed by atoms with Crippen LogP contribution in [0.4, 0.5) is 5.13 Å². The molecule has 1 aliphatic heterocycles. The minimum absolute atomic E-state index is 0.145. The average molecular weight is 240 g/mol. The van der Waals surface area contributed by atoms with Gasteiger partial charge in [0.25, 0.3) is 0 Å². The van der Waals surface area contributed by atoms with Crippen LogP contribution in [0.25, 0.3) is 0 Å². The Morgan fingerprint density at radius 3 is 2.62 bits per heavy atom. The molecular formula is C12H20N2OS. The highest BCUT2D eigenvalue weighted by Gasteiger charge is 2.19. The molecule has 0 saturated carbocycles. The average Bonchev–Trinajstić information content (AvgIpc) is 2.67. The van der Waals surface area contributed by atoms with Crippen LogP contribution in [0.2, 0.25) is 0 Å². The van der Waals surface area contributed by atoms with E-state index in [1.54, 1.807) is 11.3 Å². The second kappa shape index (κ2) is 4.72. The Hall–Kier alpha value is -0.610. The first-order valence-electron chi connectivity index (χ1n) is 5.86. The van der Waals surface area contributed by atoms with Gasteiger partial charge in [0, 0.05) is 30.1 Å². The first kappa shape index (κ1) is 11.9. The van der Waals surface area contributed by atoms with Crippen molar-refractivity contribution in [2.75, 3.05) is 18.5 Å². The van der Waals surface area contributed by atoms with E-state index in [1.165, 1.54) is 5.69 Å². The van der Waals surface area contributed by atoms with Crippen LogP contribution >= 0.6 is 11.3 Å². The molecule has 0 bridgehead atoms. The third-order valence-corrected chi connectivity index (χ3v) is 3.60. The lowest BCUT2D eigenvalue weighted by atomic mass is 9.93. The minimum atomic E-state index is 0.145. The molecule has 1 saturated heterocycles. The molecule has 0 atom stereocenters. The Bertz CT molecular complexity index is 337. The van der Waals surface area contributed by atoms with E-state index in [1.807, 2.05) is 0 Å². The first-order chi connectivity index (χ1) is 7.55. The molecule has 2 heterocycles. The number of rotatable bonds is 2. The SMILES string of the molecule is CC(C)(C)c1csc(NC2CCOCC2)n1. The van der Waals surface area contributed by atoms with Crippen LogP contribution in [0.5, 0.6) is 0 Å². The third kappa shape index (κ3) is 2.95. The van der Waals surface area contributed by atoms with Gasteiger partial charge in [-0.05, 0) is 12.8 Å². The molecule has 1 aliphatic rings. The Balaban J connectivity index is 1.97. The van der Waals surface area contributed by atoms with Gasteiger partial charge in [0.05, 0.1) is 5.69 Å². The van der Waals surface area contributed by atoms with E-state index in [0.717, 1.165) is 31.2 Å². The summed E-state index contributed by atoms with van der Waals surface area (Å²) in [6, 6.07) is 0.535. The molecule has 4 heteroatoms. The van der Waals surface area contributed by atoms with Gasteiger partial charge in [-0.2, -0.15) is 0 Å². The number of anilines is 1. The summed E-state index contributed by atoms with van der Waals surface area (Å²) in [5, 5.41) is 6.71. The fourth-order valence-electron chi connectivity index (χ4n) is 1.70. The summed E-state index contributed by atoms with van der Waals surface area (Å²) >= 11 is 1.71. The second-order valence-electron chi connectivity index (χ2n) is 5.32. The zero-order chi connectivity index (χ0) is 11.6. The van der Waals surface area contributed by atoms with Gasteiger partial charge in [0.2, 0.25) is 0 Å². The number of hydrogen-bond acceptors (Lipinski definition) is 4. The minimum Gasteiger partial charge on any atom is -0.381 e. The van der Waals surface area contributed by atoms with Crippen molar-refractivity contribution in [3.8, 4) is 0 Å². The Kier molecular flexibility index (Phi) is 3.50. The van der Waals surface area contributed by atoms with Crippen molar-refractivity contribution >= 4 is 16.5 Å². The number of nitrogens with one attached hydrogen (secondary N) is 1. The van der Waals surface area contributed by atoms with Crippen molar-refractivity contribution in [3.63, 3.8) is 0 Å². The summed E-state index contributed by atoms with van der Waals surface area (Å²) < 4.78 is 5.34. The molecule has 0 spiro atoms. The summed E-state index contributed by atoms with van der Waals surface area (Å²) in [7, 11) is 0. The lowest BCUT2D eigenvalue weighted by Crippen LogP contribution is -2.27. The van der Waals surface area contributed by atoms with Crippen molar-refractivity contribution in [2.24, 2.45) is 0 Å². The van der Waals surface area contributed by atoms with Crippen molar-refractivity contribution in [3.05, 3.63) is 11.1 Å². The van der Waals surface area contributed by atoms with E-state index in [2.05, 4.69) is 36.5 Å². The number of nitrogens with zero attached hydrogens (tertiary/aromatic N) is 1. The summed E-state index contributed by atoms with van der Waals surface area (Å²) in [6.45, 7) is 8.32. The molecule has 2 rings (SSSR count). The third-order valence-electron chi connectivity index (χ3n) is 2.82. The van der Waals surface area contributed by atoms with Crippen LogP contribution in [-0.4, -0.2) is 24.2 Å². The van der Waals surface area contributed by atoms with Crippen molar-refractivity contribution in [1.82, 2.24) is 4.98 Å². The van der Waals surface area contributed by atoms with Crippen molar-refractivity contribution in [1.29, 1.82) is 0 Å². The van der Waals surface area contributed by atoms with Crippen LogP contribution in [0.1, 0.15) is 39.3 Å². The summed E-state index contributed by atoms with van der Waals surface area (Å²) in [5.74, 6) is 0. The molecule has 16 heavy (non-hydrogen) atoms. The lowest BCUT2D eigenvalue weighted by Gasteiger charge is -2.22. The zero-order valence-electron chi connectivity index (χ0n) is 10.2. The van der Waals surface area contributed by atoms with Crippen LogP contribution in [-0.2, 0) is 10.2 Å². The molecule has 90 valence electrons. The zero-order valence-corrected chi connectivity index (χ0v) is 11.1. The normalized spacial score (nSPS) is 18.7. The van der Waals surface area contributed by atoms with E-state index in [0.29, 0.717) is 6.04 Å². The van der Waals surface area contributed by atoms with Gasteiger partial charge < -0.3 is 10.1 Å². The van der Waals surface area contributed by atoms with Crippen molar-refractivity contribution < 1.29 is 4.74 Å². The highest BCUT2D eigenvalue weighted by molar-refractivity contribution is 7.13. The molecule has 0 unspecified atom stereocenters. The topological polar surface area (TPSA) is 34.1 Å². The first-order valence-corrected chi connectivity index (χ1v) is 6.74. The van der Waals surface area contributed by atoms with E-state index in [4.69, 9.17) is 4.74 Å². The summed E-state index contributed by atoms with van der Waals surface area (Å²) in [4.78, 5) is 4.64. The summed E-state index contributed by atoms with van der Waals surface area (Å²) in [5.41, 5.74) is 1.32. The van der Waals surface area contributed by atoms with Gasteiger partial charge in [0.1, 0.15) is 0 Å². The van der Waals surface area contributed by atoms with Gasteiger partial charge in [-0.3, -0.25) is 0 Å². The predicted molar refractivity (Wildman–Crippen MR) is 68.3 cm³/mol. The molecule has 0 aliphatic carbocycles. The smallest absolute Gasteiger partial charge is 0.183 e. The fourth-order valence-corrected chi connectivity index (χ4v) is 2.72. The van der Waals surface area contributed by atoms with Crippen LogP contribution in [0.15, 0.2) is 5.38 Å².